The number of furan rings is 1. The second kappa shape index (κ2) is 6.39. The summed E-state index contributed by atoms with van der Waals surface area (Å²) in [6.45, 7) is 1.42. The Morgan fingerprint density at radius 1 is 1.00 bits per heavy atom. The van der Waals surface area contributed by atoms with Crippen molar-refractivity contribution in [1.82, 2.24) is 9.97 Å². The molecule has 0 aliphatic rings. The van der Waals surface area contributed by atoms with Gasteiger partial charge in [-0.3, -0.25) is 5.32 Å². The van der Waals surface area contributed by atoms with E-state index in [9.17, 15) is 0 Å². The molecular weight excluding hydrogens is 302 g/mol. The molecule has 2 heterocycles. The van der Waals surface area contributed by atoms with Crippen molar-refractivity contribution in [3.8, 4) is 11.4 Å². The van der Waals surface area contributed by atoms with Crippen molar-refractivity contribution < 1.29 is 14.5 Å². The number of aromatic nitrogens is 2. The summed E-state index contributed by atoms with van der Waals surface area (Å²) in [5.74, 6) is 1.52. The second-order valence-corrected chi connectivity index (χ2v) is 5.56. The number of ether oxygens (including phenoxy) is 1. The smallest absolute Gasteiger partial charge is 0.272 e. The Balaban J connectivity index is 1.92. The molecule has 0 radical (unpaired) electrons. The molecule has 120 valence electrons. The fourth-order valence-electron chi connectivity index (χ4n) is 2.78. The van der Waals surface area contributed by atoms with Crippen LogP contribution in [-0.2, 0) is 4.74 Å². The Labute approximate surface area is 139 Å². The van der Waals surface area contributed by atoms with Gasteiger partial charge in [0.05, 0.1) is 6.61 Å². The molecule has 5 heteroatoms. The lowest BCUT2D eigenvalue weighted by atomic mass is 10.2. The van der Waals surface area contributed by atoms with Crippen LogP contribution < -0.4 is 5.32 Å². The highest BCUT2D eigenvalue weighted by Gasteiger charge is 2.18. The summed E-state index contributed by atoms with van der Waals surface area (Å²) in [7, 11) is 1.69. The zero-order chi connectivity index (χ0) is 16.4. The number of quaternary nitrogens is 1. The van der Waals surface area contributed by atoms with Gasteiger partial charge in [0, 0.05) is 18.1 Å². The predicted octanol–water partition coefficient (Wildman–Crippen LogP) is 2.88. The number of nitrogens with two attached hydrogens (primary N) is 1. The third kappa shape index (κ3) is 2.64. The van der Waals surface area contributed by atoms with Crippen LogP contribution in [0.5, 0.6) is 0 Å². The highest BCUT2D eigenvalue weighted by Crippen LogP contribution is 2.31. The largest absolute Gasteiger partial charge is 0.446 e. The van der Waals surface area contributed by atoms with Gasteiger partial charge in [0.1, 0.15) is 17.6 Å². The molecule has 2 aromatic carbocycles. The summed E-state index contributed by atoms with van der Waals surface area (Å²) < 4.78 is 11.2. The first-order valence-electron chi connectivity index (χ1n) is 7.93. The summed E-state index contributed by atoms with van der Waals surface area (Å²) in [5.41, 5.74) is 3.40. The van der Waals surface area contributed by atoms with Gasteiger partial charge in [0.25, 0.3) is 5.82 Å². The third-order valence-electron chi connectivity index (χ3n) is 3.94. The van der Waals surface area contributed by atoms with Crippen molar-refractivity contribution in [1.29, 1.82) is 0 Å². The van der Waals surface area contributed by atoms with E-state index in [0.29, 0.717) is 12.4 Å². The average molecular weight is 320 g/mol. The highest BCUT2D eigenvalue weighted by molar-refractivity contribution is 6.05. The molecule has 0 fully saturated rings. The molecule has 24 heavy (non-hydrogen) atoms. The Morgan fingerprint density at radius 3 is 2.62 bits per heavy atom. The molecule has 4 rings (SSSR count). The number of fused-ring (bicyclic) bond motifs is 3. The third-order valence-corrected chi connectivity index (χ3v) is 3.94. The lowest BCUT2D eigenvalue weighted by Gasteiger charge is -2.04. The van der Waals surface area contributed by atoms with Crippen molar-refractivity contribution >= 4 is 27.9 Å². The molecule has 0 atom stereocenters. The number of nitrogens with zero attached hydrogens (tertiary/aromatic N) is 2. The van der Waals surface area contributed by atoms with E-state index >= 15 is 0 Å². The minimum atomic E-state index is 0.645. The minimum absolute atomic E-state index is 0.645. The summed E-state index contributed by atoms with van der Waals surface area (Å²) >= 11 is 0. The van der Waals surface area contributed by atoms with Gasteiger partial charge in [-0.2, -0.15) is 4.98 Å². The summed E-state index contributed by atoms with van der Waals surface area (Å²) in [4.78, 5) is 9.49. The van der Waals surface area contributed by atoms with Crippen molar-refractivity contribution in [2.45, 2.75) is 0 Å². The van der Waals surface area contributed by atoms with E-state index in [0.717, 1.165) is 40.0 Å². The van der Waals surface area contributed by atoms with E-state index in [-0.39, 0.29) is 0 Å². The molecule has 0 bridgehead atoms. The summed E-state index contributed by atoms with van der Waals surface area (Å²) in [6.07, 6.45) is 0. The highest BCUT2D eigenvalue weighted by atomic mass is 16.5. The molecule has 2 N–H and O–H groups in total. The van der Waals surface area contributed by atoms with Crippen molar-refractivity contribution in [3.05, 3.63) is 54.6 Å². The van der Waals surface area contributed by atoms with Crippen LogP contribution in [0.2, 0.25) is 0 Å². The fourth-order valence-corrected chi connectivity index (χ4v) is 2.78. The van der Waals surface area contributed by atoms with Gasteiger partial charge in [-0.25, -0.2) is 4.98 Å². The number of hydrogen-bond donors (Lipinski definition) is 1. The molecule has 2 aromatic heterocycles. The Bertz CT molecular complexity index is 980. The fraction of sp³-hybridized carbons (Fsp3) is 0.158. The number of benzene rings is 2. The van der Waals surface area contributed by atoms with Crippen molar-refractivity contribution in [2.24, 2.45) is 0 Å². The minimum Gasteiger partial charge on any atom is -0.446 e. The number of methoxy groups -OCH3 is 1. The lowest BCUT2D eigenvalue weighted by molar-refractivity contribution is -0.576. The van der Waals surface area contributed by atoms with Crippen LogP contribution in [0.25, 0.3) is 33.5 Å². The molecular formula is C19H18N3O2+. The van der Waals surface area contributed by atoms with Gasteiger partial charge in [-0.05, 0) is 12.1 Å². The predicted molar refractivity (Wildman–Crippen MR) is 93.1 cm³/mol. The van der Waals surface area contributed by atoms with Crippen molar-refractivity contribution in [2.75, 3.05) is 20.3 Å². The quantitative estimate of drug-likeness (QED) is 0.574. The van der Waals surface area contributed by atoms with E-state index in [1.165, 1.54) is 0 Å². The molecule has 0 aliphatic heterocycles. The van der Waals surface area contributed by atoms with Gasteiger partial charge in [-0.15, -0.1) is 0 Å². The van der Waals surface area contributed by atoms with Crippen LogP contribution >= 0.6 is 0 Å². The van der Waals surface area contributed by atoms with E-state index in [1.54, 1.807) is 7.11 Å². The van der Waals surface area contributed by atoms with Gasteiger partial charge in [-0.1, -0.05) is 42.5 Å². The molecule has 0 saturated carbocycles. The summed E-state index contributed by atoms with van der Waals surface area (Å²) in [5, 5.41) is 3.05. The van der Waals surface area contributed by atoms with Gasteiger partial charge >= 0.3 is 0 Å². The molecule has 0 aliphatic carbocycles. The molecule has 0 unspecified atom stereocenters. The van der Waals surface area contributed by atoms with Crippen LogP contribution in [0.4, 0.5) is 5.82 Å². The zero-order valence-electron chi connectivity index (χ0n) is 13.4. The Kier molecular flexibility index (Phi) is 3.94. The van der Waals surface area contributed by atoms with Crippen molar-refractivity contribution in [3.63, 3.8) is 0 Å². The molecule has 4 aromatic rings. The lowest BCUT2D eigenvalue weighted by Crippen LogP contribution is -2.79. The van der Waals surface area contributed by atoms with E-state index < -0.39 is 0 Å². The van der Waals surface area contributed by atoms with Crippen LogP contribution in [0.3, 0.4) is 0 Å². The number of para-hydroxylation sites is 1. The van der Waals surface area contributed by atoms with E-state index in [2.05, 4.69) is 0 Å². The number of hydrogen-bond acceptors (Lipinski definition) is 4. The van der Waals surface area contributed by atoms with Gasteiger partial charge in [0.15, 0.2) is 5.82 Å². The molecule has 0 amide bonds. The monoisotopic (exact) mass is 320 g/mol. The zero-order valence-corrected chi connectivity index (χ0v) is 13.4. The Hall–Kier alpha value is -2.76. The number of rotatable bonds is 5. The van der Waals surface area contributed by atoms with Crippen LogP contribution in [0.1, 0.15) is 0 Å². The molecule has 0 spiro atoms. The maximum Gasteiger partial charge on any atom is 0.272 e. The molecule has 5 nitrogen and oxygen atoms in total. The van der Waals surface area contributed by atoms with E-state index in [4.69, 9.17) is 19.1 Å². The normalized spacial score (nSPS) is 11.4. The van der Waals surface area contributed by atoms with Gasteiger partial charge < -0.3 is 9.15 Å². The SMILES string of the molecule is COCC[NH2+]c1nc(-c2ccccc2)nc2c1oc1ccccc12. The topological polar surface area (TPSA) is 64.8 Å². The first kappa shape index (κ1) is 14.8. The van der Waals surface area contributed by atoms with Crippen LogP contribution in [0.15, 0.2) is 59.0 Å². The first-order chi connectivity index (χ1) is 11.9. The average Bonchev–Trinajstić information content (AvgIpc) is 3.01. The second-order valence-electron chi connectivity index (χ2n) is 5.56. The van der Waals surface area contributed by atoms with E-state index in [1.807, 2.05) is 59.9 Å². The standard InChI is InChI=1S/C19H17N3O2/c1-23-12-11-20-19-17-16(14-9-5-6-10-15(14)24-17)21-18(22-19)13-7-3-2-4-8-13/h2-10H,11-12H2,1H3,(H,20,21,22)/p+1. The first-order valence-corrected chi connectivity index (χ1v) is 7.93. The van der Waals surface area contributed by atoms with Gasteiger partial charge in [0.2, 0.25) is 5.58 Å². The maximum atomic E-state index is 6.01. The van der Waals surface area contributed by atoms with Crippen LogP contribution in [-0.4, -0.2) is 30.2 Å². The molecule has 0 saturated heterocycles. The maximum absolute atomic E-state index is 6.01. The Morgan fingerprint density at radius 2 is 1.79 bits per heavy atom. The summed E-state index contributed by atoms with van der Waals surface area (Å²) in [6, 6.07) is 17.9. The van der Waals surface area contributed by atoms with Crippen LogP contribution in [0, 0.1) is 0 Å².